The molecule has 5 nitrogen and oxygen atoms in total. The number of ether oxygens (including phenoxy) is 2. The summed E-state index contributed by atoms with van der Waals surface area (Å²) in [5.41, 5.74) is 3.89. The van der Waals surface area contributed by atoms with Gasteiger partial charge in [-0.3, -0.25) is 4.79 Å². The smallest absolute Gasteiger partial charge is 0.271 e. The highest BCUT2D eigenvalue weighted by Crippen LogP contribution is 2.12. The lowest BCUT2D eigenvalue weighted by atomic mass is 10.2. The monoisotopic (exact) mass is 312 g/mol. The van der Waals surface area contributed by atoms with E-state index < -0.39 is 0 Å². The van der Waals surface area contributed by atoms with Crippen LogP contribution in [-0.2, 0) is 0 Å². The lowest BCUT2D eigenvalue weighted by molar-refractivity contribution is 0.0955. The molecule has 0 heterocycles. The molecule has 0 saturated carbocycles. The normalized spacial score (nSPS) is 10.5. The van der Waals surface area contributed by atoms with Crippen LogP contribution in [0.4, 0.5) is 0 Å². The molecule has 0 bridgehead atoms. The van der Waals surface area contributed by atoms with Gasteiger partial charge in [-0.15, -0.1) is 0 Å². The Hall–Kier alpha value is -2.82. The van der Waals surface area contributed by atoms with Crippen molar-refractivity contribution in [2.75, 3.05) is 13.7 Å². The predicted octanol–water partition coefficient (Wildman–Crippen LogP) is 3.25. The van der Waals surface area contributed by atoms with Gasteiger partial charge in [-0.1, -0.05) is 6.92 Å². The zero-order valence-corrected chi connectivity index (χ0v) is 13.3. The number of hydrogen-bond donors (Lipinski definition) is 1. The maximum absolute atomic E-state index is 11.9. The first-order valence-electron chi connectivity index (χ1n) is 7.43. The van der Waals surface area contributed by atoms with Crippen molar-refractivity contribution < 1.29 is 14.3 Å². The Morgan fingerprint density at radius 3 is 2.35 bits per heavy atom. The van der Waals surface area contributed by atoms with Gasteiger partial charge in [0.15, 0.2) is 0 Å². The highest BCUT2D eigenvalue weighted by molar-refractivity contribution is 5.95. The molecule has 0 atom stereocenters. The fourth-order valence-electron chi connectivity index (χ4n) is 1.84. The van der Waals surface area contributed by atoms with Gasteiger partial charge in [0, 0.05) is 5.56 Å². The Kier molecular flexibility index (Phi) is 6.17. The molecule has 0 aliphatic rings. The average Bonchev–Trinajstić information content (AvgIpc) is 2.61. The Morgan fingerprint density at radius 2 is 1.74 bits per heavy atom. The van der Waals surface area contributed by atoms with E-state index in [0.717, 1.165) is 17.7 Å². The molecule has 23 heavy (non-hydrogen) atoms. The van der Waals surface area contributed by atoms with Gasteiger partial charge in [-0.05, 0) is 60.5 Å². The van der Waals surface area contributed by atoms with Crippen LogP contribution in [0, 0.1) is 0 Å². The topological polar surface area (TPSA) is 59.9 Å². The van der Waals surface area contributed by atoms with Crippen molar-refractivity contribution in [2.24, 2.45) is 5.10 Å². The first kappa shape index (κ1) is 16.5. The van der Waals surface area contributed by atoms with Crippen LogP contribution in [0.1, 0.15) is 29.3 Å². The van der Waals surface area contributed by atoms with E-state index in [2.05, 4.69) is 17.5 Å². The first-order valence-corrected chi connectivity index (χ1v) is 7.43. The van der Waals surface area contributed by atoms with Crippen LogP contribution in [-0.4, -0.2) is 25.8 Å². The van der Waals surface area contributed by atoms with Crippen LogP contribution in [0.25, 0.3) is 0 Å². The van der Waals surface area contributed by atoms with E-state index in [9.17, 15) is 4.79 Å². The summed E-state index contributed by atoms with van der Waals surface area (Å²) < 4.78 is 10.6. The molecule has 2 aromatic rings. The maximum Gasteiger partial charge on any atom is 0.271 e. The van der Waals surface area contributed by atoms with E-state index >= 15 is 0 Å². The number of carbonyl (C=O) groups is 1. The number of carbonyl (C=O) groups excluding carboxylic acids is 1. The van der Waals surface area contributed by atoms with Crippen molar-refractivity contribution in [1.29, 1.82) is 0 Å². The molecule has 0 spiro atoms. The van der Waals surface area contributed by atoms with E-state index in [1.807, 2.05) is 24.3 Å². The Bertz CT molecular complexity index is 649. The molecule has 2 aromatic carbocycles. The van der Waals surface area contributed by atoms with Crippen molar-refractivity contribution in [3.8, 4) is 11.5 Å². The zero-order chi connectivity index (χ0) is 16.5. The van der Waals surface area contributed by atoms with Crippen LogP contribution in [0.15, 0.2) is 53.6 Å². The van der Waals surface area contributed by atoms with Crippen LogP contribution in [0.2, 0.25) is 0 Å². The number of amides is 1. The Labute approximate surface area is 135 Å². The van der Waals surface area contributed by atoms with Crippen molar-refractivity contribution in [1.82, 2.24) is 5.43 Å². The number of benzene rings is 2. The summed E-state index contributed by atoms with van der Waals surface area (Å²) in [5.74, 6) is 1.26. The summed E-state index contributed by atoms with van der Waals surface area (Å²) in [5, 5.41) is 3.96. The number of methoxy groups -OCH3 is 1. The van der Waals surface area contributed by atoms with Gasteiger partial charge >= 0.3 is 0 Å². The molecule has 0 aliphatic carbocycles. The predicted molar refractivity (Wildman–Crippen MR) is 90.3 cm³/mol. The van der Waals surface area contributed by atoms with Gasteiger partial charge in [0.2, 0.25) is 0 Å². The van der Waals surface area contributed by atoms with E-state index in [0.29, 0.717) is 17.9 Å². The zero-order valence-electron chi connectivity index (χ0n) is 13.3. The number of hydrogen-bond acceptors (Lipinski definition) is 4. The minimum atomic E-state index is -0.271. The number of nitrogens with zero attached hydrogens (tertiary/aromatic N) is 1. The molecular weight excluding hydrogens is 292 g/mol. The lowest BCUT2D eigenvalue weighted by Gasteiger charge is -2.04. The summed E-state index contributed by atoms with van der Waals surface area (Å²) in [6.07, 6.45) is 2.56. The van der Waals surface area contributed by atoms with Gasteiger partial charge in [0.1, 0.15) is 11.5 Å². The minimum Gasteiger partial charge on any atom is -0.497 e. The Morgan fingerprint density at radius 1 is 1.09 bits per heavy atom. The molecule has 0 aliphatic heterocycles. The van der Waals surface area contributed by atoms with E-state index in [1.165, 1.54) is 0 Å². The molecular formula is C18H20N2O3. The fraction of sp³-hybridized carbons (Fsp3) is 0.222. The van der Waals surface area contributed by atoms with E-state index in [1.54, 1.807) is 37.6 Å². The third-order valence-corrected chi connectivity index (χ3v) is 3.08. The second-order valence-electron chi connectivity index (χ2n) is 4.85. The lowest BCUT2D eigenvalue weighted by Crippen LogP contribution is -2.17. The highest BCUT2D eigenvalue weighted by atomic mass is 16.5. The van der Waals surface area contributed by atoms with Gasteiger partial charge in [0.25, 0.3) is 5.91 Å². The fourth-order valence-corrected chi connectivity index (χ4v) is 1.84. The Balaban J connectivity index is 1.88. The largest absolute Gasteiger partial charge is 0.497 e. The van der Waals surface area contributed by atoms with Crippen LogP contribution >= 0.6 is 0 Å². The van der Waals surface area contributed by atoms with Crippen LogP contribution < -0.4 is 14.9 Å². The second-order valence-corrected chi connectivity index (χ2v) is 4.85. The molecule has 1 N–H and O–H groups in total. The highest BCUT2D eigenvalue weighted by Gasteiger charge is 2.03. The number of nitrogens with one attached hydrogen (secondary N) is 1. The maximum atomic E-state index is 11.9. The van der Waals surface area contributed by atoms with Gasteiger partial charge in [-0.2, -0.15) is 5.10 Å². The first-order chi connectivity index (χ1) is 11.2. The van der Waals surface area contributed by atoms with Crippen molar-refractivity contribution in [3.63, 3.8) is 0 Å². The standard InChI is InChI=1S/C18H20N2O3/c1-3-12-23-17-8-4-14(5-9-17)13-19-20-18(21)15-6-10-16(22-2)11-7-15/h4-11,13H,3,12H2,1-2H3,(H,20,21). The second kappa shape index (κ2) is 8.58. The van der Waals surface area contributed by atoms with Crippen LogP contribution in [0.5, 0.6) is 11.5 Å². The van der Waals surface area contributed by atoms with E-state index in [4.69, 9.17) is 9.47 Å². The average molecular weight is 312 g/mol. The third-order valence-electron chi connectivity index (χ3n) is 3.08. The molecule has 5 heteroatoms. The molecule has 0 radical (unpaired) electrons. The molecule has 120 valence electrons. The SMILES string of the molecule is CCCOc1ccc(C=NNC(=O)c2ccc(OC)cc2)cc1. The quantitative estimate of drug-likeness (QED) is 0.630. The molecule has 0 aromatic heterocycles. The molecule has 0 saturated heterocycles. The third kappa shape index (κ3) is 5.14. The summed E-state index contributed by atoms with van der Waals surface area (Å²) in [6, 6.07) is 14.3. The van der Waals surface area contributed by atoms with Crippen molar-refractivity contribution >= 4 is 12.1 Å². The summed E-state index contributed by atoms with van der Waals surface area (Å²) >= 11 is 0. The van der Waals surface area contributed by atoms with Gasteiger partial charge in [-0.25, -0.2) is 5.43 Å². The van der Waals surface area contributed by atoms with Crippen molar-refractivity contribution in [3.05, 3.63) is 59.7 Å². The number of rotatable bonds is 7. The summed E-state index contributed by atoms with van der Waals surface area (Å²) in [7, 11) is 1.58. The van der Waals surface area contributed by atoms with Crippen molar-refractivity contribution in [2.45, 2.75) is 13.3 Å². The molecule has 0 fully saturated rings. The minimum absolute atomic E-state index is 0.271. The summed E-state index contributed by atoms with van der Waals surface area (Å²) in [4.78, 5) is 11.9. The number of hydrazone groups is 1. The van der Waals surface area contributed by atoms with Gasteiger partial charge in [0.05, 0.1) is 19.9 Å². The van der Waals surface area contributed by atoms with E-state index in [-0.39, 0.29) is 5.91 Å². The molecule has 2 rings (SSSR count). The summed E-state index contributed by atoms with van der Waals surface area (Å²) in [6.45, 7) is 2.76. The molecule has 0 unspecified atom stereocenters. The molecule has 1 amide bonds. The van der Waals surface area contributed by atoms with Gasteiger partial charge < -0.3 is 9.47 Å². The van der Waals surface area contributed by atoms with Crippen LogP contribution in [0.3, 0.4) is 0 Å².